The van der Waals surface area contributed by atoms with E-state index in [1.54, 1.807) is 0 Å². The van der Waals surface area contributed by atoms with Crippen LogP contribution in [0, 0.1) is 17.3 Å². The van der Waals surface area contributed by atoms with Gasteiger partial charge in [0.25, 0.3) is 0 Å². The van der Waals surface area contributed by atoms with Crippen molar-refractivity contribution in [1.82, 2.24) is 0 Å². The second-order valence-electron chi connectivity index (χ2n) is 4.36. The van der Waals surface area contributed by atoms with Crippen LogP contribution in [0.4, 0.5) is 0 Å². The van der Waals surface area contributed by atoms with Gasteiger partial charge < -0.3 is 0 Å². The van der Waals surface area contributed by atoms with Crippen molar-refractivity contribution in [2.24, 2.45) is 17.3 Å². The molecule has 0 heterocycles. The first-order chi connectivity index (χ1) is 6.08. The van der Waals surface area contributed by atoms with Gasteiger partial charge in [0.1, 0.15) is 0 Å². The quantitative estimate of drug-likeness (QED) is 0.619. The smallest absolute Gasteiger partial charge is 0.00560 e. The standard InChI is InChI=1S/C12H20S/c1-10(2)12(3)7-5-11(6-8-12)9-13-4/h5-8,10-11H,9H2,1-4H3. The highest BCUT2D eigenvalue weighted by Gasteiger charge is 2.24. The average Bonchev–Trinajstić information content (AvgIpc) is 2.09. The van der Waals surface area contributed by atoms with E-state index in [9.17, 15) is 0 Å². The molecule has 0 aromatic rings. The van der Waals surface area contributed by atoms with E-state index < -0.39 is 0 Å². The number of allylic oxidation sites excluding steroid dienone is 4. The lowest BCUT2D eigenvalue weighted by molar-refractivity contribution is 0.375. The number of thioether (sulfide) groups is 1. The summed E-state index contributed by atoms with van der Waals surface area (Å²) < 4.78 is 0. The predicted molar refractivity (Wildman–Crippen MR) is 63.1 cm³/mol. The van der Waals surface area contributed by atoms with E-state index >= 15 is 0 Å². The van der Waals surface area contributed by atoms with Gasteiger partial charge in [0.2, 0.25) is 0 Å². The van der Waals surface area contributed by atoms with Gasteiger partial charge in [-0.3, -0.25) is 0 Å². The topological polar surface area (TPSA) is 0 Å². The van der Waals surface area contributed by atoms with Gasteiger partial charge in [0, 0.05) is 17.1 Å². The SMILES string of the molecule is CSCC1C=CC(C)(C(C)C)C=C1. The summed E-state index contributed by atoms with van der Waals surface area (Å²) in [4.78, 5) is 0. The van der Waals surface area contributed by atoms with Crippen molar-refractivity contribution in [2.45, 2.75) is 20.8 Å². The highest BCUT2D eigenvalue weighted by Crippen LogP contribution is 2.34. The molecule has 1 rings (SSSR count). The molecule has 0 fully saturated rings. The first-order valence-electron chi connectivity index (χ1n) is 4.96. The van der Waals surface area contributed by atoms with Gasteiger partial charge in [-0.25, -0.2) is 0 Å². The molecule has 0 aromatic heterocycles. The Morgan fingerprint density at radius 2 is 1.85 bits per heavy atom. The third-order valence-electron chi connectivity index (χ3n) is 3.01. The van der Waals surface area contributed by atoms with E-state index in [-0.39, 0.29) is 5.41 Å². The highest BCUT2D eigenvalue weighted by molar-refractivity contribution is 7.98. The molecule has 0 aromatic carbocycles. The lowest BCUT2D eigenvalue weighted by Gasteiger charge is -2.30. The first kappa shape index (κ1) is 10.9. The van der Waals surface area contributed by atoms with E-state index in [1.165, 1.54) is 5.75 Å². The van der Waals surface area contributed by atoms with Gasteiger partial charge in [-0.2, -0.15) is 11.8 Å². The van der Waals surface area contributed by atoms with Crippen molar-refractivity contribution in [2.75, 3.05) is 12.0 Å². The van der Waals surface area contributed by atoms with Crippen LogP contribution in [0.15, 0.2) is 24.3 Å². The Morgan fingerprint density at radius 3 is 2.23 bits per heavy atom. The second-order valence-corrected chi connectivity index (χ2v) is 5.27. The summed E-state index contributed by atoms with van der Waals surface area (Å²) >= 11 is 1.91. The van der Waals surface area contributed by atoms with Crippen LogP contribution in [0.1, 0.15) is 20.8 Å². The predicted octanol–water partition coefficient (Wildman–Crippen LogP) is 3.75. The number of hydrogen-bond donors (Lipinski definition) is 0. The van der Waals surface area contributed by atoms with Crippen molar-refractivity contribution in [3.8, 4) is 0 Å². The maximum Gasteiger partial charge on any atom is 0.00560 e. The van der Waals surface area contributed by atoms with Crippen molar-refractivity contribution >= 4 is 11.8 Å². The molecule has 0 saturated carbocycles. The molecule has 74 valence electrons. The molecule has 0 saturated heterocycles. The molecule has 0 aliphatic heterocycles. The fraction of sp³-hybridized carbons (Fsp3) is 0.667. The van der Waals surface area contributed by atoms with Gasteiger partial charge in [0.15, 0.2) is 0 Å². The number of rotatable bonds is 3. The molecule has 0 N–H and O–H groups in total. The number of hydrogen-bond acceptors (Lipinski definition) is 1. The molecule has 13 heavy (non-hydrogen) atoms. The summed E-state index contributed by atoms with van der Waals surface area (Å²) in [5.74, 6) is 2.55. The fourth-order valence-electron chi connectivity index (χ4n) is 1.47. The molecule has 0 spiro atoms. The molecular weight excluding hydrogens is 176 g/mol. The summed E-state index contributed by atoms with van der Waals surface area (Å²) in [5, 5.41) is 0. The Hall–Kier alpha value is -0.170. The molecule has 0 bridgehead atoms. The minimum atomic E-state index is 0.287. The molecule has 1 aliphatic carbocycles. The van der Waals surface area contributed by atoms with Gasteiger partial charge in [0.05, 0.1) is 0 Å². The Balaban J connectivity index is 2.62. The summed E-state index contributed by atoms with van der Waals surface area (Å²) in [6, 6.07) is 0. The molecular formula is C12H20S. The van der Waals surface area contributed by atoms with E-state index in [0.29, 0.717) is 11.8 Å². The molecule has 1 heteroatoms. The summed E-state index contributed by atoms with van der Waals surface area (Å²) in [6.07, 6.45) is 11.6. The van der Waals surface area contributed by atoms with Crippen LogP contribution >= 0.6 is 11.8 Å². The zero-order valence-electron chi connectivity index (χ0n) is 9.08. The van der Waals surface area contributed by atoms with Crippen molar-refractivity contribution in [3.05, 3.63) is 24.3 Å². The van der Waals surface area contributed by atoms with Crippen LogP contribution in [0.25, 0.3) is 0 Å². The van der Waals surface area contributed by atoms with E-state index in [1.807, 2.05) is 11.8 Å². The van der Waals surface area contributed by atoms with Crippen LogP contribution in [-0.2, 0) is 0 Å². The Bertz CT molecular complexity index is 199. The minimum absolute atomic E-state index is 0.287. The van der Waals surface area contributed by atoms with Crippen LogP contribution in [0.3, 0.4) is 0 Å². The van der Waals surface area contributed by atoms with Crippen LogP contribution in [0.2, 0.25) is 0 Å². The molecule has 0 unspecified atom stereocenters. The Morgan fingerprint density at radius 1 is 1.31 bits per heavy atom. The molecule has 0 nitrogen and oxygen atoms in total. The zero-order valence-corrected chi connectivity index (χ0v) is 9.90. The van der Waals surface area contributed by atoms with E-state index in [2.05, 4.69) is 51.3 Å². The fourth-order valence-corrected chi connectivity index (χ4v) is 2.08. The van der Waals surface area contributed by atoms with Crippen LogP contribution in [0.5, 0.6) is 0 Å². The largest absolute Gasteiger partial charge is 0.164 e. The van der Waals surface area contributed by atoms with E-state index in [4.69, 9.17) is 0 Å². The third kappa shape index (κ3) is 2.63. The van der Waals surface area contributed by atoms with Crippen LogP contribution in [-0.4, -0.2) is 12.0 Å². The molecule has 0 radical (unpaired) electrons. The maximum absolute atomic E-state index is 2.37. The average molecular weight is 196 g/mol. The van der Waals surface area contributed by atoms with Crippen molar-refractivity contribution in [1.29, 1.82) is 0 Å². The maximum atomic E-state index is 2.37. The molecule has 0 atom stereocenters. The lowest BCUT2D eigenvalue weighted by Crippen LogP contribution is -2.21. The monoisotopic (exact) mass is 196 g/mol. The lowest BCUT2D eigenvalue weighted by atomic mass is 9.75. The Kier molecular flexibility index (Phi) is 3.66. The zero-order chi connectivity index (χ0) is 9.90. The van der Waals surface area contributed by atoms with Gasteiger partial charge >= 0.3 is 0 Å². The van der Waals surface area contributed by atoms with Crippen LogP contribution < -0.4 is 0 Å². The Labute approximate surface area is 86.5 Å². The normalized spacial score (nSPS) is 32.8. The third-order valence-corrected chi connectivity index (χ3v) is 3.73. The first-order valence-corrected chi connectivity index (χ1v) is 6.35. The second kappa shape index (κ2) is 4.36. The summed E-state index contributed by atoms with van der Waals surface area (Å²) in [6.45, 7) is 6.87. The molecule has 1 aliphatic rings. The van der Waals surface area contributed by atoms with Gasteiger partial charge in [-0.15, -0.1) is 0 Å². The van der Waals surface area contributed by atoms with Gasteiger partial charge in [-0.1, -0.05) is 45.1 Å². The van der Waals surface area contributed by atoms with E-state index in [0.717, 1.165) is 0 Å². The molecule has 0 amide bonds. The van der Waals surface area contributed by atoms with Gasteiger partial charge in [-0.05, 0) is 12.2 Å². The van der Waals surface area contributed by atoms with Crippen molar-refractivity contribution in [3.63, 3.8) is 0 Å². The minimum Gasteiger partial charge on any atom is -0.164 e. The highest BCUT2D eigenvalue weighted by atomic mass is 32.2. The summed E-state index contributed by atoms with van der Waals surface area (Å²) in [5.41, 5.74) is 0.287. The van der Waals surface area contributed by atoms with Crippen molar-refractivity contribution < 1.29 is 0 Å². The summed E-state index contributed by atoms with van der Waals surface area (Å²) in [7, 11) is 0.